The lowest BCUT2D eigenvalue weighted by molar-refractivity contribution is 0.00979. The Morgan fingerprint density at radius 3 is 0.625 bits per heavy atom. The van der Waals surface area contributed by atoms with Crippen LogP contribution in [0.4, 0.5) is 0 Å². The van der Waals surface area contributed by atoms with Crippen molar-refractivity contribution in [2.45, 2.75) is 173 Å². The van der Waals surface area contributed by atoms with Crippen LogP contribution in [-0.4, -0.2) is 0 Å². The third kappa shape index (κ3) is 8.65. The molecule has 0 aromatic carbocycles. The molecule has 0 heterocycles. The van der Waals surface area contributed by atoms with Crippen LogP contribution < -0.4 is 0 Å². The van der Waals surface area contributed by atoms with Crippen molar-refractivity contribution < 1.29 is 0 Å². The molecule has 0 bridgehead atoms. The maximum absolute atomic E-state index is 5.42. The smallest absolute Gasteiger partial charge is 0.0212 e. The summed E-state index contributed by atoms with van der Waals surface area (Å²) in [5, 5.41) is 0. The summed E-state index contributed by atoms with van der Waals surface area (Å²) < 4.78 is 0. The van der Waals surface area contributed by atoms with Crippen molar-refractivity contribution >= 4 is 0 Å². The van der Waals surface area contributed by atoms with Crippen molar-refractivity contribution in [3.05, 3.63) is 6.92 Å². The minimum atomic E-state index is 0.373. The van der Waals surface area contributed by atoms with E-state index in [0.717, 1.165) is 17.8 Å². The summed E-state index contributed by atoms with van der Waals surface area (Å²) in [6, 6.07) is 0. The molecule has 0 unspecified atom stereocenters. The maximum Gasteiger partial charge on any atom is -0.0212 e. The quantitative estimate of drug-likeness (QED) is 0.406. The monoisotopic (exact) mass is 443 g/mol. The number of rotatable bonds is 3. The summed E-state index contributed by atoms with van der Waals surface area (Å²) in [7, 11) is 0. The first-order valence-electron chi connectivity index (χ1n) is 15.7. The van der Waals surface area contributed by atoms with Gasteiger partial charge in [-0.05, 0) is 68.6 Å². The summed E-state index contributed by atoms with van der Waals surface area (Å²) >= 11 is 0. The van der Waals surface area contributed by atoms with E-state index in [1.165, 1.54) is 173 Å². The molecule has 32 heavy (non-hydrogen) atoms. The van der Waals surface area contributed by atoms with Gasteiger partial charge >= 0.3 is 0 Å². The van der Waals surface area contributed by atoms with Crippen molar-refractivity contribution in [3.8, 4) is 0 Å². The SMILES string of the molecule is [CH2]C(C1CCCCCCCCC1)(C1CCCCCCCCC1)C1CCCCCCCCC1. The van der Waals surface area contributed by atoms with Gasteiger partial charge in [-0.15, -0.1) is 0 Å². The molecule has 0 saturated heterocycles. The highest BCUT2D eigenvalue weighted by molar-refractivity contribution is 4.99. The molecular weight excluding hydrogens is 384 g/mol. The van der Waals surface area contributed by atoms with Crippen LogP contribution in [0.3, 0.4) is 0 Å². The zero-order chi connectivity index (χ0) is 22.3. The van der Waals surface area contributed by atoms with Gasteiger partial charge in [-0.1, -0.05) is 135 Å². The van der Waals surface area contributed by atoms with Gasteiger partial charge in [0.25, 0.3) is 0 Å². The Labute approximate surface area is 203 Å². The minimum Gasteiger partial charge on any atom is -0.0533 e. The first-order valence-corrected chi connectivity index (χ1v) is 15.7. The average Bonchev–Trinajstić information content (AvgIpc) is 2.83. The highest BCUT2D eigenvalue weighted by Gasteiger charge is 2.45. The molecule has 0 heteroatoms. The topological polar surface area (TPSA) is 0 Å². The number of hydrogen-bond donors (Lipinski definition) is 0. The second-order valence-corrected chi connectivity index (χ2v) is 12.4. The molecule has 0 atom stereocenters. The lowest BCUT2D eigenvalue weighted by atomic mass is 9.54. The molecule has 0 aromatic heterocycles. The van der Waals surface area contributed by atoms with Crippen molar-refractivity contribution in [3.63, 3.8) is 0 Å². The Bertz CT molecular complexity index is 356. The fourth-order valence-electron chi connectivity index (χ4n) is 8.04. The van der Waals surface area contributed by atoms with Crippen LogP contribution in [0.5, 0.6) is 0 Å². The summed E-state index contributed by atoms with van der Waals surface area (Å²) in [5.41, 5.74) is 0.373. The van der Waals surface area contributed by atoms with E-state index in [1.54, 1.807) is 0 Å². The van der Waals surface area contributed by atoms with Gasteiger partial charge in [0, 0.05) is 0 Å². The van der Waals surface area contributed by atoms with Crippen LogP contribution in [0.15, 0.2) is 0 Å². The second-order valence-electron chi connectivity index (χ2n) is 12.4. The Morgan fingerprint density at radius 1 is 0.281 bits per heavy atom. The van der Waals surface area contributed by atoms with Crippen LogP contribution in [0.2, 0.25) is 0 Å². The Balaban J connectivity index is 1.83. The van der Waals surface area contributed by atoms with Crippen molar-refractivity contribution in [1.82, 2.24) is 0 Å². The Morgan fingerprint density at radius 2 is 0.438 bits per heavy atom. The molecule has 3 rings (SSSR count). The van der Waals surface area contributed by atoms with E-state index in [0.29, 0.717) is 5.41 Å². The molecule has 3 aliphatic rings. The van der Waals surface area contributed by atoms with E-state index in [-0.39, 0.29) is 0 Å². The van der Waals surface area contributed by atoms with Gasteiger partial charge in [-0.3, -0.25) is 0 Å². The van der Waals surface area contributed by atoms with Crippen molar-refractivity contribution in [2.24, 2.45) is 23.2 Å². The molecule has 187 valence electrons. The highest BCUT2D eigenvalue weighted by Crippen LogP contribution is 2.54. The van der Waals surface area contributed by atoms with E-state index >= 15 is 0 Å². The molecule has 3 aliphatic carbocycles. The van der Waals surface area contributed by atoms with Gasteiger partial charge < -0.3 is 0 Å². The van der Waals surface area contributed by atoms with Gasteiger partial charge in [0.2, 0.25) is 0 Å². The molecule has 0 N–H and O–H groups in total. The zero-order valence-electron chi connectivity index (χ0n) is 22.0. The predicted molar refractivity (Wildman–Crippen MR) is 143 cm³/mol. The fraction of sp³-hybridized carbons (Fsp3) is 0.969. The molecule has 1 radical (unpaired) electrons. The molecule has 0 nitrogen and oxygen atoms in total. The molecule has 0 spiro atoms. The van der Waals surface area contributed by atoms with Crippen LogP contribution in [0.1, 0.15) is 173 Å². The van der Waals surface area contributed by atoms with Crippen LogP contribution in [0, 0.1) is 30.1 Å². The largest absolute Gasteiger partial charge is 0.0533 e. The van der Waals surface area contributed by atoms with Gasteiger partial charge in [0.1, 0.15) is 0 Å². The second kappa shape index (κ2) is 15.8. The molecular formula is C32H59. The van der Waals surface area contributed by atoms with Gasteiger partial charge in [0.15, 0.2) is 0 Å². The highest BCUT2D eigenvalue weighted by atomic mass is 14.5. The average molecular weight is 444 g/mol. The molecule has 3 saturated carbocycles. The lowest BCUT2D eigenvalue weighted by Gasteiger charge is -2.51. The zero-order valence-corrected chi connectivity index (χ0v) is 22.0. The molecule has 3 fully saturated rings. The summed E-state index contributed by atoms with van der Waals surface area (Å²) in [6.07, 6.45) is 40.2. The van der Waals surface area contributed by atoms with Gasteiger partial charge in [-0.2, -0.15) is 0 Å². The first-order chi connectivity index (χ1) is 15.8. The van der Waals surface area contributed by atoms with E-state index in [1.807, 2.05) is 0 Å². The fourth-order valence-corrected chi connectivity index (χ4v) is 8.04. The third-order valence-electron chi connectivity index (χ3n) is 10.1. The van der Waals surface area contributed by atoms with E-state index in [4.69, 9.17) is 6.92 Å². The van der Waals surface area contributed by atoms with Gasteiger partial charge in [0.05, 0.1) is 0 Å². The summed E-state index contributed by atoms with van der Waals surface area (Å²) in [6.45, 7) is 5.42. The van der Waals surface area contributed by atoms with Crippen LogP contribution in [0.25, 0.3) is 0 Å². The minimum absolute atomic E-state index is 0.373. The normalized spacial score (nSPS) is 26.9. The van der Waals surface area contributed by atoms with E-state index in [2.05, 4.69) is 0 Å². The predicted octanol–water partition coefficient (Wildman–Crippen LogP) is 11.2. The summed E-state index contributed by atoms with van der Waals surface area (Å²) in [5.74, 6) is 2.71. The summed E-state index contributed by atoms with van der Waals surface area (Å²) in [4.78, 5) is 0. The van der Waals surface area contributed by atoms with E-state index in [9.17, 15) is 0 Å². The molecule has 0 aliphatic heterocycles. The van der Waals surface area contributed by atoms with E-state index < -0.39 is 0 Å². The lowest BCUT2D eigenvalue weighted by Crippen LogP contribution is -2.43. The Hall–Kier alpha value is 0. The van der Waals surface area contributed by atoms with Crippen LogP contribution >= 0.6 is 0 Å². The van der Waals surface area contributed by atoms with Gasteiger partial charge in [-0.25, -0.2) is 0 Å². The van der Waals surface area contributed by atoms with Crippen molar-refractivity contribution in [1.29, 1.82) is 0 Å². The Kier molecular flexibility index (Phi) is 13.1. The third-order valence-corrected chi connectivity index (χ3v) is 10.1. The first kappa shape index (κ1) is 26.6. The maximum atomic E-state index is 5.42. The molecule has 0 aromatic rings. The molecule has 0 amide bonds. The van der Waals surface area contributed by atoms with Crippen molar-refractivity contribution in [2.75, 3.05) is 0 Å². The number of hydrogen-bond acceptors (Lipinski definition) is 0. The standard InChI is InChI=1S/C32H59/c1-32(29-23-17-11-5-2-6-12-18-24-29,30-25-19-13-7-3-8-14-20-26-30)31-27-21-15-9-4-10-16-22-28-31/h29-31H,1-28H2. The van der Waals surface area contributed by atoms with Crippen LogP contribution in [-0.2, 0) is 0 Å².